The lowest BCUT2D eigenvalue weighted by molar-refractivity contribution is 1.34. The van der Waals surface area contributed by atoms with Crippen molar-refractivity contribution in [2.75, 3.05) is 5.43 Å². The molecule has 0 aliphatic heterocycles. The van der Waals surface area contributed by atoms with Gasteiger partial charge in [-0.15, -0.1) is 11.3 Å². The molecule has 1 N–H and O–H groups in total. The number of hydrogen-bond donors (Lipinski definition) is 1. The van der Waals surface area contributed by atoms with E-state index < -0.39 is 0 Å². The molecule has 0 spiro atoms. The van der Waals surface area contributed by atoms with Crippen LogP contribution in [0, 0.1) is 29.6 Å². The molecule has 3 rings (SSSR count). The first-order valence-electron chi connectivity index (χ1n) is 6.81. The van der Waals surface area contributed by atoms with E-state index in [2.05, 4.69) is 34.6 Å². The second kappa shape index (κ2) is 6.27. The summed E-state index contributed by atoms with van der Waals surface area (Å²) >= 11 is 1.65. The van der Waals surface area contributed by atoms with Crippen LogP contribution in [0.15, 0.2) is 47.6 Å². The predicted molar refractivity (Wildman–Crippen MR) is 92.1 cm³/mol. The molecule has 6 heteroatoms. The summed E-state index contributed by atoms with van der Waals surface area (Å²) in [7, 11) is 0. The van der Waals surface area contributed by atoms with E-state index in [4.69, 9.17) is 10.5 Å². The summed E-state index contributed by atoms with van der Waals surface area (Å²) in [6, 6.07) is 17.1. The molecule has 0 aliphatic rings. The highest BCUT2D eigenvalue weighted by atomic mass is 32.1. The van der Waals surface area contributed by atoms with Crippen LogP contribution in [-0.2, 0) is 0 Å². The van der Waals surface area contributed by atoms with Crippen LogP contribution in [0.4, 0.5) is 5.69 Å². The summed E-state index contributed by atoms with van der Waals surface area (Å²) in [6.07, 6.45) is 0. The standard InChI is InChI=1S/C17H11N5S/c1-11-2-7-15-16(8-11)23-17(20-15)12-3-5-13(6-4-12)21-22-14(9-18)10-19/h2-8,21H,1H3. The molecule has 0 fully saturated rings. The number of anilines is 1. The molecule has 1 aromatic heterocycles. The lowest BCUT2D eigenvalue weighted by Gasteiger charge is -2.01. The van der Waals surface area contributed by atoms with Gasteiger partial charge in [-0.25, -0.2) is 4.98 Å². The molecule has 0 radical (unpaired) electrons. The van der Waals surface area contributed by atoms with Crippen LogP contribution in [0.3, 0.4) is 0 Å². The number of thiazole rings is 1. The maximum Gasteiger partial charge on any atom is 0.237 e. The fourth-order valence-corrected chi connectivity index (χ4v) is 3.11. The Morgan fingerprint density at radius 3 is 2.57 bits per heavy atom. The van der Waals surface area contributed by atoms with E-state index in [1.165, 1.54) is 10.3 Å². The highest BCUT2D eigenvalue weighted by Gasteiger charge is 2.06. The van der Waals surface area contributed by atoms with Crippen molar-refractivity contribution >= 4 is 33.0 Å². The van der Waals surface area contributed by atoms with Crippen molar-refractivity contribution in [3.63, 3.8) is 0 Å². The fraction of sp³-hybridized carbons (Fsp3) is 0.0588. The molecule has 0 amide bonds. The van der Waals surface area contributed by atoms with E-state index in [-0.39, 0.29) is 5.71 Å². The zero-order valence-corrected chi connectivity index (χ0v) is 13.1. The maximum atomic E-state index is 8.64. The minimum Gasteiger partial charge on any atom is -0.277 e. The number of aromatic nitrogens is 1. The van der Waals surface area contributed by atoms with Gasteiger partial charge in [-0.1, -0.05) is 6.07 Å². The van der Waals surface area contributed by atoms with Gasteiger partial charge in [-0.05, 0) is 48.9 Å². The normalized spacial score (nSPS) is 9.87. The van der Waals surface area contributed by atoms with E-state index in [1.807, 2.05) is 30.3 Å². The summed E-state index contributed by atoms with van der Waals surface area (Å²) in [5.74, 6) is 0. The summed E-state index contributed by atoms with van der Waals surface area (Å²) in [6.45, 7) is 2.07. The van der Waals surface area contributed by atoms with Gasteiger partial charge in [-0.2, -0.15) is 15.6 Å². The summed E-state index contributed by atoms with van der Waals surface area (Å²) in [5.41, 5.74) is 6.40. The topological polar surface area (TPSA) is 84.9 Å². The summed E-state index contributed by atoms with van der Waals surface area (Å²) in [5, 5.41) is 21.9. The average molecular weight is 317 g/mol. The Kier molecular flexibility index (Phi) is 4.01. The number of hydrazone groups is 1. The smallest absolute Gasteiger partial charge is 0.237 e. The molecule has 5 nitrogen and oxygen atoms in total. The molecule has 0 aliphatic carbocycles. The summed E-state index contributed by atoms with van der Waals surface area (Å²) in [4.78, 5) is 4.64. The number of nitrogens with one attached hydrogen (secondary N) is 1. The molecule has 0 saturated carbocycles. The maximum absolute atomic E-state index is 8.64. The van der Waals surface area contributed by atoms with Crippen molar-refractivity contribution < 1.29 is 0 Å². The molecular weight excluding hydrogens is 306 g/mol. The van der Waals surface area contributed by atoms with Crippen LogP contribution in [0.5, 0.6) is 0 Å². The highest BCUT2D eigenvalue weighted by molar-refractivity contribution is 7.21. The Hall–Kier alpha value is -3.22. The van der Waals surface area contributed by atoms with E-state index in [9.17, 15) is 0 Å². The van der Waals surface area contributed by atoms with Gasteiger partial charge in [0.15, 0.2) is 0 Å². The Morgan fingerprint density at radius 1 is 1.13 bits per heavy atom. The van der Waals surface area contributed by atoms with Gasteiger partial charge in [-0.3, -0.25) is 5.43 Å². The number of benzene rings is 2. The molecule has 1 heterocycles. The molecule has 0 bridgehead atoms. The minimum absolute atomic E-state index is 0.212. The van der Waals surface area contributed by atoms with E-state index >= 15 is 0 Å². The first-order valence-corrected chi connectivity index (χ1v) is 7.63. The van der Waals surface area contributed by atoms with Crippen molar-refractivity contribution in [1.29, 1.82) is 10.5 Å². The second-order valence-electron chi connectivity index (χ2n) is 4.86. The zero-order valence-electron chi connectivity index (χ0n) is 12.2. The first-order chi connectivity index (χ1) is 11.2. The van der Waals surface area contributed by atoms with E-state index in [0.29, 0.717) is 5.69 Å². The Balaban J connectivity index is 1.85. The molecule has 23 heavy (non-hydrogen) atoms. The van der Waals surface area contributed by atoms with Gasteiger partial charge < -0.3 is 0 Å². The van der Waals surface area contributed by atoms with Gasteiger partial charge in [0, 0.05) is 5.56 Å². The number of nitriles is 2. The van der Waals surface area contributed by atoms with Crippen molar-refractivity contribution in [3.8, 4) is 22.7 Å². The molecule has 2 aromatic carbocycles. The van der Waals surface area contributed by atoms with Gasteiger partial charge in [0.25, 0.3) is 0 Å². The Bertz CT molecular complexity index is 955. The van der Waals surface area contributed by atoms with Crippen molar-refractivity contribution in [2.45, 2.75) is 6.92 Å². The van der Waals surface area contributed by atoms with Gasteiger partial charge in [0.2, 0.25) is 5.71 Å². The zero-order chi connectivity index (χ0) is 16.2. The van der Waals surface area contributed by atoms with Gasteiger partial charge in [0.1, 0.15) is 17.1 Å². The van der Waals surface area contributed by atoms with Crippen molar-refractivity contribution in [2.24, 2.45) is 5.10 Å². The second-order valence-corrected chi connectivity index (χ2v) is 5.89. The SMILES string of the molecule is Cc1ccc2nc(-c3ccc(NN=C(C#N)C#N)cc3)sc2c1. The first kappa shape index (κ1) is 14.7. The van der Waals surface area contributed by atoms with Crippen LogP contribution < -0.4 is 5.43 Å². The van der Waals surface area contributed by atoms with Crippen LogP contribution in [0.25, 0.3) is 20.8 Å². The van der Waals surface area contributed by atoms with Crippen molar-refractivity contribution in [1.82, 2.24) is 4.98 Å². The Labute approximate surface area is 137 Å². The number of rotatable bonds is 3. The lowest BCUT2D eigenvalue weighted by Crippen LogP contribution is -1.96. The molecule has 0 unspecified atom stereocenters. The molecule has 0 saturated heterocycles. The quantitative estimate of drug-likeness (QED) is 0.582. The van der Waals surface area contributed by atoms with Gasteiger partial charge >= 0.3 is 0 Å². The van der Waals surface area contributed by atoms with Gasteiger partial charge in [0.05, 0.1) is 15.9 Å². The fourth-order valence-electron chi connectivity index (χ4n) is 2.04. The average Bonchev–Trinajstić information content (AvgIpc) is 2.99. The van der Waals surface area contributed by atoms with E-state index in [0.717, 1.165) is 16.1 Å². The number of aryl methyl sites for hydroxylation is 1. The molecule has 0 atom stereocenters. The minimum atomic E-state index is -0.212. The molecule has 110 valence electrons. The number of hydrogen-bond acceptors (Lipinski definition) is 6. The predicted octanol–water partition coefficient (Wildman–Crippen LogP) is 4.09. The largest absolute Gasteiger partial charge is 0.277 e. The third-order valence-corrected chi connectivity index (χ3v) is 4.25. The Morgan fingerprint density at radius 2 is 1.87 bits per heavy atom. The highest BCUT2D eigenvalue weighted by Crippen LogP contribution is 2.31. The number of fused-ring (bicyclic) bond motifs is 1. The molecular formula is C17H11N5S. The summed E-state index contributed by atoms with van der Waals surface area (Å²) < 4.78 is 1.17. The third kappa shape index (κ3) is 3.18. The van der Waals surface area contributed by atoms with Crippen molar-refractivity contribution in [3.05, 3.63) is 48.0 Å². The van der Waals surface area contributed by atoms with Crippen LogP contribution in [-0.4, -0.2) is 10.7 Å². The lowest BCUT2D eigenvalue weighted by atomic mass is 10.2. The molecule has 3 aromatic rings. The van der Waals surface area contributed by atoms with Crippen LogP contribution in [0.2, 0.25) is 0 Å². The third-order valence-electron chi connectivity index (χ3n) is 3.18. The van der Waals surface area contributed by atoms with E-state index in [1.54, 1.807) is 23.5 Å². The van der Waals surface area contributed by atoms with Crippen LogP contribution in [0.1, 0.15) is 5.56 Å². The monoisotopic (exact) mass is 317 g/mol. The number of nitrogens with zero attached hydrogens (tertiary/aromatic N) is 4. The van der Waals surface area contributed by atoms with Crippen LogP contribution >= 0.6 is 11.3 Å².